The van der Waals surface area contributed by atoms with Crippen LogP contribution >= 0.6 is 11.6 Å². The summed E-state index contributed by atoms with van der Waals surface area (Å²) in [5.41, 5.74) is 9.75. The average molecular weight is 262 g/mol. The Morgan fingerprint density at radius 3 is 2.67 bits per heavy atom. The predicted molar refractivity (Wildman–Crippen MR) is 76.1 cm³/mol. The first-order valence-electron chi connectivity index (χ1n) is 5.81. The van der Waals surface area contributed by atoms with Gasteiger partial charge in [0, 0.05) is 10.6 Å². The van der Waals surface area contributed by atoms with Gasteiger partial charge in [-0.25, -0.2) is 0 Å². The number of benzene rings is 2. The fraction of sp³-hybridized carbons (Fsp3) is 0.200. The minimum absolute atomic E-state index is 0.423. The molecule has 0 heterocycles. The van der Waals surface area contributed by atoms with E-state index in [1.165, 1.54) is 0 Å². The summed E-state index contributed by atoms with van der Waals surface area (Å²) >= 11 is 6.16. The van der Waals surface area contributed by atoms with Crippen LogP contribution in [0, 0.1) is 13.8 Å². The highest BCUT2D eigenvalue weighted by atomic mass is 35.5. The Hall–Kier alpha value is -1.67. The second-order valence-corrected chi connectivity index (χ2v) is 4.78. The molecule has 0 saturated carbocycles. The van der Waals surface area contributed by atoms with Crippen LogP contribution in [-0.2, 0) is 6.61 Å². The second-order valence-electron chi connectivity index (χ2n) is 4.37. The van der Waals surface area contributed by atoms with Crippen molar-refractivity contribution in [1.29, 1.82) is 0 Å². The van der Waals surface area contributed by atoms with Crippen LogP contribution in [0.5, 0.6) is 5.75 Å². The molecule has 0 amide bonds. The molecule has 0 radical (unpaired) electrons. The molecule has 94 valence electrons. The van der Waals surface area contributed by atoms with Crippen molar-refractivity contribution in [3.8, 4) is 5.75 Å². The molecule has 0 aromatic heterocycles. The quantitative estimate of drug-likeness (QED) is 0.844. The Labute approximate surface area is 112 Å². The standard InChI is InChI=1S/C15H16ClNO/c1-10-6-7-12(13(16)8-10)9-18-14-5-3-4-11(2)15(14)17/h3-8H,9,17H2,1-2H3. The molecular weight excluding hydrogens is 246 g/mol. The Morgan fingerprint density at radius 1 is 1.17 bits per heavy atom. The molecule has 0 aliphatic heterocycles. The van der Waals surface area contributed by atoms with Crippen LogP contribution in [0.25, 0.3) is 0 Å². The Balaban J connectivity index is 2.14. The summed E-state index contributed by atoms with van der Waals surface area (Å²) in [5.74, 6) is 0.701. The van der Waals surface area contributed by atoms with Gasteiger partial charge in [0.2, 0.25) is 0 Å². The third kappa shape index (κ3) is 2.77. The van der Waals surface area contributed by atoms with Crippen LogP contribution < -0.4 is 10.5 Å². The van der Waals surface area contributed by atoms with Crippen molar-refractivity contribution in [2.45, 2.75) is 20.5 Å². The number of hydrogen-bond acceptors (Lipinski definition) is 2. The number of ether oxygens (including phenoxy) is 1. The highest BCUT2D eigenvalue weighted by Crippen LogP contribution is 2.26. The first-order valence-corrected chi connectivity index (χ1v) is 6.18. The predicted octanol–water partition coefficient (Wildman–Crippen LogP) is 4.12. The lowest BCUT2D eigenvalue weighted by atomic mass is 10.1. The minimum atomic E-state index is 0.423. The van der Waals surface area contributed by atoms with Gasteiger partial charge in [-0.15, -0.1) is 0 Å². The van der Waals surface area contributed by atoms with Gasteiger partial charge in [-0.3, -0.25) is 0 Å². The molecule has 0 fully saturated rings. The van der Waals surface area contributed by atoms with E-state index in [4.69, 9.17) is 22.1 Å². The van der Waals surface area contributed by atoms with E-state index in [1.54, 1.807) is 0 Å². The van der Waals surface area contributed by atoms with Crippen molar-refractivity contribution in [2.75, 3.05) is 5.73 Å². The Bertz CT molecular complexity index is 566. The van der Waals surface area contributed by atoms with E-state index < -0.39 is 0 Å². The number of aryl methyl sites for hydroxylation is 2. The van der Waals surface area contributed by atoms with E-state index in [2.05, 4.69) is 0 Å². The Morgan fingerprint density at radius 2 is 1.94 bits per heavy atom. The fourth-order valence-corrected chi connectivity index (χ4v) is 1.99. The number of nitrogens with two attached hydrogens (primary N) is 1. The molecular formula is C15H16ClNO. The molecule has 0 atom stereocenters. The smallest absolute Gasteiger partial charge is 0.142 e. The molecule has 2 aromatic rings. The summed E-state index contributed by atoms with van der Waals surface area (Å²) in [6, 6.07) is 11.7. The normalized spacial score (nSPS) is 10.4. The number of para-hydroxylation sites is 1. The lowest BCUT2D eigenvalue weighted by molar-refractivity contribution is 0.308. The number of halogens is 1. The first kappa shape index (κ1) is 12.8. The largest absolute Gasteiger partial charge is 0.487 e. The van der Waals surface area contributed by atoms with E-state index in [0.29, 0.717) is 18.0 Å². The number of hydrogen-bond donors (Lipinski definition) is 1. The van der Waals surface area contributed by atoms with Gasteiger partial charge in [0.15, 0.2) is 0 Å². The van der Waals surface area contributed by atoms with Crippen molar-refractivity contribution < 1.29 is 4.74 Å². The molecule has 0 aliphatic carbocycles. The summed E-state index contributed by atoms with van der Waals surface area (Å²) in [6.45, 7) is 4.39. The number of nitrogen functional groups attached to an aromatic ring is 1. The minimum Gasteiger partial charge on any atom is -0.487 e. The van der Waals surface area contributed by atoms with Crippen LogP contribution in [0.1, 0.15) is 16.7 Å². The van der Waals surface area contributed by atoms with Gasteiger partial charge >= 0.3 is 0 Å². The maximum atomic E-state index is 6.16. The van der Waals surface area contributed by atoms with Gasteiger partial charge in [0.25, 0.3) is 0 Å². The van der Waals surface area contributed by atoms with Gasteiger partial charge in [-0.1, -0.05) is 35.9 Å². The molecule has 0 bridgehead atoms. The lowest BCUT2D eigenvalue weighted by Gasteiger charge is -2.11. The van der Waals surface area contributed by atoms with Gasteiger partial charge in [-0.2, -0.15) is 0 Å². The van der Waals surface area contributed by atoms with Gasteiger partial charge in [0.05, 0.1) is 5.69 Å². The lowest BCUT2D eigenvalue weighted by Crippen LogP contribution is -2.00. The highest BCUT2D eigenvalue weighted by molar-refractivity contribution is 6.31. The molecule has 0 spiro atoms. The molecule has 2 nitrogen and oxygen atoms in total. The summed E-state index contributed by atoms with van der Waals surface area (Å²) in [4.78, 5) is 0. The zero-order valence-electron chi connectivity index (χ0n) is 10.5. The summed E-state index contributed by atoms with van der Waals surface area (Å²) in [7, 11) is 0. The Kier molecular flexibility index (Phi) is 3.78. The molecule has 2 rings (SSSR count). The second kappa shape index (κ2) is 5.32. The molecule has 0 aliphatic rings. The van der Waals surface area contributed by atoms with E-state index in [0.717, 1.165) is 21.7 Å². The zero-order valence-corrected chi connectivity index (χ0v) is 11.3. The van der Waals surface area contributed by atoms with E-state index in [1.807, 2.05) is 50.2 Å². The monoisotopic (exact) mass is 261 g/mol. The summed E-state index contributed by atoms with van der Waals surface area (Å²) in [5, 5.41) is 0.723. The van der Waals surface area contributed by atoms with E-state index in [-0.39, 0.29) is 0 Å². The zero-order chi connectivity index (χ0) is 13.1. The van der Waals surface area contributed by atoms with Crippen molar-refractivity contribution >= 4 is 17.3 Å². The van der Waals surface area contributed by atoms with Gasteiger partial charge in [-0.05, 0) is 37.1 Å². The van der Waals surface area contributed by atoms with E-state index >= 15 is 0 Å². The van der Waals surface area contributed by atoms with Crippen molar-refractivity contribution in [1.82, 2.24) is 0 Å². The molecule has 3 heteroatoms. The third-order valence-electron chi connectivity index (χ3n) is 2.88. The molecule has 18 heavy (non-hydrogen) atoms. The topological polar surface area (TPSA) is 35.2 Å². The van der Waals surface area contributed by atoms with Crippen molar-refractivity contribution in [3.63, 3.8) is 0 Å². The van der Waals surface area contributed by atoms with Gasteiger partial charge < -0.3 is 10.5 Å². The summed E-state index contributed by atoms with van der Waals surface area (Å²) < 4.78 is 5.71. The maximum absolute atomic E-state index is 6.16. The molecule has 0 unspecified atom stereocenters. The molecule has 2 N–H and O–H groups in total. The third-order valence-corrected chi connectivity index (χ3v) is 3.23. The fourth-order valence-electron chi connectivity index (χ4n) is 1.70. The SMILES string of the molecule is Cc1ccc(COc2cccc(C)c2N)c(Cl)c1. The number of anilines is 1. The molecule has 0 saturated heterocycles. The van der Waals surface area contributed by atoms with Crippen molar-refractivity contribution in [3.05, 3.63) is 58.1 Å². The molecule has 2 aromatic carbocycles. The first-order chi connectivity index (χ1) is 8.58. The van der Waals surface area contributed by atoms with Crippen molar-refractivity contribution in [2.24, 2.45) is 0 Å². The van der Waals surface area contributed by atoms with Crippen LogP contribution in [0.3, 0.4) is 0 Å². The van der Waals surface area contributed by atoms with Gasteiger partial charge in [0.1, 0.15) is 12.4 Å². The number of rotatable bonds is 3. The van der Waals surface area contributed by atoms with Crippen LogP contribution in [0.4, 0.5) is 5.69 Å². The maximum Gasteiger partial charge on any atom is 0.142 e. The average Bonchev–Trinajstić information content (AvgIpc) is 2.33. The highest BCUT2D eigenvalue weighted by Gasteiger charge is 2.05. The van der Waals surface area contributed by atoms with E-state index in [9.17, 15) is 0 Å². The summed E-state index contributed by atoms with van der Waals surface area (Å²) in [6.07, 6.45) is 0. The van der Waals surface area contributed by atoms with Crippen LogP contribution in [0.15, 0.2) is 36.4 Å². The van der Waals surface area contributed by atoms with Crippen LogP contribution in [0.2, 0.25) is 5.02 Å². The van der Waals surface area contributed by atoms with Crippen LogP contribution in [-0.4, -0.2) is 0 Å².